The molecular formula is C62H72Cl3F11N6O9. The van der Waals surface area contributed by atoms with Crippen molar-refractivity contribution in [2.24, 2.45) is 19.8 Å². The quantitative estimate of drug-likeness (QED) is 0.0140. The van der Waals surface area contributed by atoms with E-state index in [1.54, 1.807) is 22.4 Å². The van der Waals surface area contributed by atoms with Gasteiger partial charge in [-0.05, 0) is 87.1 Å². The number of aliphatic hydroxyl groups is 2. The summed E-state index contributed by atoms with van der Waals surface area (Å²) in [5, 5.41) is 20.5. The number of carbonyl (C=O) groups excluding carboxylic acids is 4. The van der Waals surface area contributed by atoms with E-state index in [4.69, 9.17) is 38.8 Å². The van der Waals surface area contributed by atoms with E-state index in [0.29, 0.717) is 37.1 Å². The molecule has 15 nitrogen and oxygen atoms in total. The van der Waals surface area contributed by atoms with Gasteiger partial charge in [0.05, 0.1) is 27.0 Å². The SMILES string of the molecule is C.C.C.C.CC(=O)c1nc(-c2ccc(C[C@@H](CCO)NC(=O)c3ccc(O[C@H](C)C(F)(F)F)c(Cl)c3)cc2)cn1C.CC(=O)c1nc(-c2ccc(C[C@H](N)CCO)cc2)cn1C.C[C@@H](Oc1ccc(C(=O)Oc2c(F)c(F)c(F)c(F)c2F)cc1Cl)C(F)(F)F.Cl. The van der Waals surface area contributed by atoms with Crippen molar-refractivity contribution in [2.75, 3.05) is 13.2 Å². The van der Waals surface area contributed by atoms with Gasteiger partial charge >= 0.3 is 18.3 Å². The molecule has 0 bridgehead atoms. The van der Waals surface area contributed by atoms with Gasteiger partial charge in [0.2, 0.25) is 34.8 Å². The number of imidazole rings is 2. The molecule has 7 aromatic rings. The molecule has 0 unspecified atom stereocenters. The number of aryl methyl sites for hydroxylation is 2. The van der Waals surface area contributed by atoms with E-state index in [-0.39, 0.29) is 95.7 Å². The Morgan fingerprint density at radius 1 is 0.593 bits per heavy atom. The highest BCUT2D eigenvalue weighted by Gasteiger charge is 2.39. The molecule has 0 saturated heterocycles. The lowest BCUT2D eigenvalue weighted by atomic mass is 10.0. The number of ether oxygens (including phenoxy) is 3. The number of alkyl halides is 6. The Kier molecular flexibility index (Phi) is 33.4. The van der Waals surface area contributed by atoms with Gasteiger partial charge in [-0.2, -0.15) is 35.1 Å². The number of nitrogens with one attached hydrogen (secondary N) is 1. The molecule has 2 heterocycles. The number of aliphatic hydroxyl groups excluding tert-OH is 2. The molecule has 0 aliphatic carbocycles. The average molecular weight is 1360 g/mol. The molecular weight excluding hydrogens is 1290 g/mol. The zero-order chi connectivity index (χ0) is 64.1. The number of carbonyl (C=O) groups is 4. The Hall–Kier alpha value is -7.62. The lowest BCUT2D eigenvalue weighted by Gasteiger charge is -2.20. The fraction of sp³-hybridized carbons (Fsp3) is 0.355. The highest BCUT2D eigenvalue weighted by atomic mass is 35.5. The maximum Gasteiger partial charge on any atom is 0.425 e. The normalized spacial score (nSPS) is 12.1. The van der Waals surface area contributed by atoms with Crippen molar-refractivity contribution in [2.45, 2.75) is 120 Å². The molecule has 0 radical (unpaired) electrons. The Bertz CT molecular complexity index is 3510. The van der Waals surface area contributed by atoms with Crippen LogP contribution in [0.15, 0.2) is 97.3 Å². The molecule has 4 atom stereocenters. The van der Waals surface area contributed by atoms with Crippen LogP contribution in [0.25, 0.3) is 22.5 Å². The standard InChI is InChI=1S/C26H27ClF3N3O4.C16H7ClF8O3.C16H21N3O2.4CH4.ClH/c1-15(35)24-32-22(14-33(24)3)18-6-4-17(5-7-18)12-20(10-11-34)31-25(36)19-8-9-23(21(27)13-19)37-16(2)26(28,29)30;1-5(16(23,24)25)27-8-3-2-6(4-7(8)17)15(26)28-14-12(21)10(19)9(18)11(20)13(14)22;1-11(21)16-18-15(10-19(16)2)13-5-3-12(4-6-13)9-14(17)7-8-20;;;;;/h4-9,13-14,16,20,34H,10-12H2,1-3H3,(H,31,36);2-5H,1H3;3-6,10,14,20H,7-9,17H2,1-2H3;4*1H4;1H/t16-,20-;5-;14-;;;;;/m111...../s1. The number of nitrogens with zero attached hydrogens (tertiary/aromatic N) is 4. The zero-order valence-corrected chi connectivity index (χ0v) is 49.1. The van der Waals surface area contributed by atoms with Crippen LogP contribution in [0.5, 0.6) is 17.2 Å². The van der Waals surface area contributed by atoms with Crippen molar-refractivity contribution < 1.29 is 91.9 Å². The summed E-state index contributed by atoms with van der Waals surface area (Å²) in [6.07, 6.45) is -7.88. The van der Waals surface area contributed by atoms with E-state index in [2.05, 4.69) is 24.8 Å². The summed E-state index contributed by atoms with van der Waals surface area (Å²) in [4.78, 5) is 56.5. The summed E-state index contributed by atoms with van der Waals surface area (Å²) in [6, 6.07) is 21.2. The number of hydrogen-bond acceptors (Lipinski definition) is 12. The fourth-order valence-electron chi connectivity index (χ4n) is 7.79. The van der Waals surface area contributed by atoms with Crippen LogP contribution in [0.2, 0.25) is 10.0 Å². The molecule has 0 aliphatic heterocycles. The molecule has 5 N–H and O–H groups in total. The predicted octanol–water partition coefficient (Wildman–Crippen LogP) is 15.1. The maximum atomic E-state index is 13.5. The van der Waals surface area contributed by atoms with Crippen LogP contribution in [0, 0.1) is 29.1 Å². The predicted molar refractivity (Wildman–Crippen MR) is 328 cm³/mol. The van der Waals surface area contributed by atoms with Crippen LogP contribution < -0.4 is 25.3 Å². The molecule has 0 saturated carbocycles. The Balaban J connectivity index is 0.00000135. The third-order valence-electron chi connectivity index (χ3n) is 12.4. The lowest BCUT2D eigenvalue weighted by Crippen LogP contribution is -2.37. The van der Waals surface area contributed by atoms with Crippen molar-refractivity contribution in [3.05, 3.63) is 170 Å². The Labute approximate surface area is 536 Å². The molecule has 0 aliphatic rings. The minimum atomic E-state index is -4.70. The first-order chi connectivity index (χ1) is 40.2. The van der Waals surface area contributed by atoms with Gasteiger partial charge < -0.3 is 44.6 Å². The molecule has 5 aromatic carbocycles. The van der Waals surface area contributed by atoms with Gasteiger partial charge in [0, 0.05) is 82.3 Å². The van der Waals surface area contributed by atoms with Gasteiger partial charge in [0.1, 0.15) is 11.5 Å². The summed E-state index contributed by atoms with van der Waals surface area (Å²) in [6.45, 7) is 4.48. The maximum absolute atomic E-state index is 13.5. The van der Waals surface area contributed by atoms with E-state index in [9.17, 15) is 72.6 Å². The number of amides is 1. The smallest absolute Gasteiger partial charge is 0.425 e. The van der Waals surface area contributed by atoms with Gasteiger partial charge in [-0.3, -0.25) is 14.4 Å². The first kappa shape index (κ1) is 83.4. The topological polar surface area (TPSA) is 210 Å². The number of esters is 1. The monoisotopic (exact) mass is 1360 g/mol. The van der Waals surface area contributed by atoms with Crippen LogP contribution >= 0.6 is 35.6 Å². The number of hydrogen-bond donors (Lipinski definition) is 4. The van der Waals surface area contributed by atoms with Crippen molar-refractivity contribution in [1.82, 2.24) is 24.4 Å². The summed E-state index contributed by atoms with van der Waals surface area (Å²) in [7, 11) is 3.57. The fourth-order valence-corrected chi connectivity index (χ4v) is 8.25. The number of benzene rings is 5. The third-order valence-corrected chi connectivity index (χ3v) is 13.0. The molecule has 2 aromatic heterocycles. The molecule has 91 heavy (non-hydrogen) atoms. The van der Waals surface area contributed by atoms with E-state index < -0.39 is 93.7 Å². The van der Waals surface area contributed by atoms with Crippen LogP contribution in [0.1, 0.15) is 123 Å². The van der Waals surface area contributed by atoms with Gasteiger partial charge in [0.15, 0.2) is 35.4 Å². The van der Waals surface area contributed by atoms with Crippen LogP contribution in [0.3, 0.4) is 0 Å². The van der Waals surface area contributed by atoms with Gasteiger partial charge in [-0.15, -0.1) is 12.4 Å². The first-order valence-electron chi connectivity index (χ1n) is 25.6. The second-order valence-electron chi connectivity index (χ2n) is 19.2. The van der Waals surface area contributed by atoms with Gasteiger partial charge in [-0.25, -0.2) is 27.9 Å². The molecule has 29 heteroatoms. The summed E-state index contributed by atoms with van der Waals surface area (Å²) < 4.78 is 159. The number of aromatic nitrogens is 4. The number of Topliss-reactive ketones (excluding diaryl/α,β-unsaturated/α-hetero) is 2. The van der Waals surface area contributed by atoms with E-state index in [0.717, 1.165) is 59.5 Å². The minimum absolute atomic E-state index is 0. The molecule has 0 fully saturated rings. The Morgan fingerprint density at radius 3 is 1.33 bits per heavy atom. The van der Waals surface area contributed by atoms with E-state index in [1.165, 1.54) is 32.0 Å². The minimum Gasteiger partial charge on any atom is -0.480 e. The molecule has 0 spiro atoms. The number of ketones is 2. The number of halogens is 14. The van der Waals surface area contributed by atoms with Crippen LogP contribution in [-0.2, 0) is 26.9 Å². The first-order valence-corrected chi connectivity index (χ1v) is 26.3. The lowest BCUT2D eigenvalue weighted by molar-refractivity contribution is -0.189. The largest absolute Gasteiger partial charge is 0.480 e. The second-order valence-corrected chi connectivity index (χ2v) is 20.0. The molecule has 1 amide bonds. The Morgan fingerprint density at radius 2 is 0.967 bits per heavy atom. The highest BCUT2D eigenvalue weighted by molar-refractivity contribution is 6.32. The van der Waals surface area contributed by atoms with Crippen LogP contribution in [0.4, 0.5) is 48.3 Å². The van der Waals surface area contributed by atoms with Gasteiger partial charge in [0.25, 0.3) is 5.91 Å². The van der Waals surface area contributed by atoms with Crippen molar-refractivity contribution in [1.29, 1.82) is 0 Å². The highest BCUT2D eigenvalue weighted by Crippen LogP contribution is 2.34. The molecule has 7 rings (SSSR count). The number of rotatable bonds is 20. The molecule has 502 valence electrons. The zero-order valence-electron chi connectivity index (χ0n) is 46.7. The second kappa shape index (κ2) is 36.4. The summed E-state index contributed by atoms with van der Waals surface area (Å²) >= 11 is 11.7. The van der Waals surface area contributed by atoms with Gasteiger partial charge in [-0.1, -0.05) is 101 Å². The van der Waals surface area contributed by atoms with E-state index in [1.807, 2.05) is 61.8 Å². The van der Waals surface area contributed by atoms with Crippen molar-refractivity contribution in [3.63, 3.8) is 0 Å². The number of nitrogens with two attached hydrogens (primary N) is 1. The van der Waals surface area contributed by atoms with Crippen molar-refractivity contribution >= 4 is 59.1 Å². The van der Waals surface area contributed by atoms with Crippen LogP contribution in [-0.4, -0.2) is 103 Å². The summed E-state index contributed by atoms with van der Waals surface area (Å²) in [5.41, 5.74) is 10.8. The van der Waals surface area contributed by atoms with Crippen molar-refractivity contribution in [3.8, 4) is 39.8 Å². The average Bonchev–Trinajstić information content (AvgIpc) is 1.24. The summed E-state index contributed by atoms with van der Waals surface area (Å²) in [5.74, 6) is -15.8. The van der Waals surface area contributed by atoms with E-state index >= 15 is 0 Å². The third kappa shape index (κ3) is 22.9.